The van der Waals surface area contributed by atoms with E-state index in [0.29, 0.717) is 6.42 Å². The molecule has 0 bridgehead atoms. The Bertz CT molecular complexity index is 428. The molecule has 0 saturated carbocycles. The van der Waals surface area contributed by atoms with Gasteiger partial charge in [-0.2, -0.15) is 0 Å². The molecule has 1 fully saturated rings. The van der Waals surface area contributed by atoms with Gasteiger partial charge in [-0.3, -0.25) is 4.79 Å². The predicted octanol–water partition coefficient (Wildman–Crippen LogP) is 3.48. The van der Waals surface area contributed by atoms with Crippen molar-refractivity contribution in [3.63, 3.8) is 0 Å². The summed E-state index contributed by atoms with van der Waals surface area (Å²) in [4.78, 5) is 15.8. The SMILES string of the molecule is CC(C)(C)CC(=O)NCCN1CCC(c2cccs2)CC1. The highest BCUT2D eigenvalue weighted by molar-refractivity contribution is 7.10. The molecule has 0 spiro atoms. The number of hydrogen-bond donors (Lipinski definition) is 1. The molecule has 1 saturated heterocycles. The van der Waals surface area contributed by atoms with Gasteiger partial charge in [0.25, 0.3) is 0 Å². The topological polar surface area (TPSA) is 32.3 Å². The second kappa shape index (κ2) is 7.41. The molecular formula is C17H28N2OS. The molecule has 2 rings (SSSR count). The summed E-state index contributed by atoms with van der Waals surface area (Å²) in [5.41, 5.74) is 0.0726. The molecule has 0 aromatic carbocycles. The van der Waals surface area contributed by atoms with Crippen LogP contribution in [0.3, 0.4) is 0 Å². The summed E-state index contributed by atoms with van der Waals surface area (Å²) in [5, 5.41) is 5.22. The van der Waals surface area contributed by atoms with E-state index in [1.165, 1.54) is 17.7 Å². The first-order valence-electron chi connectivity index (χ1n) is 7.96. The maximum Gasteiger partial charge on any atom is 0.220 e. The fraction of sp³-hybridized carbons (Fsp3) is 0.706. The highest BCUT2D eigenvalue weighted by atomic mass is 32.1. The van der Waals surface area contributed by atoms with Gasteiger partial charge in [0.15, 0.2) is 0 Å². The van der Waals surface area contributed by atoms with Crippen LogP contribution in [-0.2, 0) is 4.79 Å². The Kier molecular flexibility index (Phi) is 5.82. The van der Waals surface area contributed by atoms with Crippen molar-refractivity contribution >= 4 is 17.2 Å². The summed E-state index contributed by atoms with van der Waals surface area (Å²) in [7, 11) is 0. The molecule has 0 unspecified atom stereocenters. The maximum absolute atomic E-state index is 11.8. The number of rotatable bonds is 5. The van der Waals surface area contributed by atoms with Gasteiger partial charge < -0.3 is 10.2 Å². The average Bonchev–Trinajstić information content (AvgIpc) is 2.91. The van der Waals surface area contributed by atoms with Crippen LogP contribution >= 0.6 is 11.3 Å². The van der Waals surface area contributed by atoms with Crippen molar-refractivity contribution in [3.05, 3.63) is 22.4 Å². The third kappa shape index (κ3) is 5.79. The first-order chi connectivity index (χ1) is 9.94. The van der Waals surface area contributed by atoms with E-state index < -0.39 is 0 Å². The number of carbonyl (C=O) groups is 1. The Hall–Kier alpha value is -0.870. The zero-order valence-electron chi connectivity index (χ0n) is 13.5. The van der Waals surface area contributed by atoms with Crippen LogP contribution in [-0.4, -0.2) is 37.0 Å². The first-order valence-corrected chi connectivity index (χ1v) is 8.84. The van der Waals surface area contributed by atoms with E-state index in [4.69, 9.17) is 0 Å². The quantitative estimate of drug-likeness (QED) is 0.903. The number of thiophene rings is 1. The second-order valence-electron chi connectivity index (χ2n) is 7.22. The molecule has 0 aliphatic carbocycles. The van der Waals surface area contributed by atoms with Gasteiger partial charge >= 0.3 is 0 Å². The molecule has 3 nitrogen and oxygen atoms in total. The van der Waals surface area contributed by atoms with E-state index in [1.807, 2.05) is 11.3 Å². The number of likely N-dealkylation sites (tertiary alicyclic amines) is 1. The van der Waals surface area contributed by atoms with Crippen molar-refractivity contribution in [2.75, 3.05) is 26.2 Å². The Morgan fingerprint density at radius 2 is 2.10 bits per heavy atom. The minimum atomic E-state index is 0.0726. The van der Waals surface area contributed by atoms with Gasteiger partial charge in [-0.25, -0.2) is 0 Å². The normalized spacial score (nSPS) is 17.9. The Morgan fingerprint density at radius 3 is 2.67 bits per heavy atom. The summed E-state index contributed by atoms with van der Waals surface area (Å²) < 4.78 is 0. The van der Waals surface area contributed by atoms with Gasteiger partial charge in [0, 0.05) is 24.4 Å². The smallest absolute Gasteiger partial charge is 0.220 e. The van der Waals surface area contributed by atoms with E-state index in [-0.39, 0.29) is 11.3 Å². The summed E-state index contributed by atoms with van der Waals surface area (Å²) in [6.45, 7) is 10.4. The minimum Gasteiger partial charge on any atom is -0.355 e. The summed E-state index contributed by atoms with van der Waals surface area (Å²) in [5.74, 6) is 0.924. The fourth-order valence-electron chi connectivity index (χ4n) is 2.86. The Balaban J connectivity index is 1.62. The van der Waals surface area contributed by atoms with E-state index >= 15 is 0 Å². The number of amides is 1. The van der Waals surface area contributed by atoms with Gasteiger partial charge in [0.1, 0.15) is 0 Å². The number of nitrogens with zero attached hydrogens (tertiary/aromatic N) is 1. The zero-order valence-corrected chi connectivity index (χ0v) is 14.3. The molecule has 118 valence electrons. The van der Waals surface area contributed by atoms with Crippen molar-refractivity contribution in [1.82, 2.24) is 10.2 Å². The van der Waals surface area contributed by atoms with E-state index in [0.717, 1.165) is 32.1 Å². The van der Waals surface area contributed by atoms with Crippen molar-refractivity contribution in [2.24, 2.45) is 5.41 Å². The Labute approximate surface area is 132 Å². The molecular weight excluding hydrogens is 280 g/mol. The fourth-order valence-corrected chi connectivity index (χ4v) is 3.76. The van der Waals surface area contributed by atoms with Gasteiger partial charge in [-0.05, 0) is 48.7 Å². The van der Waals surface area contributed by atoms with Gasteiger partial charge in [-0.1, -0.05) is 26.8 Å². The second-order valence-corrected chi connectivity index (χ2v) is 8.20. The van der Waals surface area contributed by atoms with Crippen LogP contribution in [0.4, 0.5) is 0 Å². The molecule has 1 N–H and O–H groups in total. The van der Waals surface area contributed by atoms with Crippen LogP contribution in [0.2, 0.25) is 0 Å². The van der Waals surface area contributed by atoms with E-state index in [1.54, 1.807) is 0 Å². The van der Waals surface area contributed by atoms with E-state index in [2.05, 4.69) is 48.5 Å². The molecule has 1 aliphatic rings. The zero-order chi connectivity index (χ0) is 15.3. The van der Waals surface area contributed by atoms with Crippen LogP contribution in [0.25, 0.3) is 0 Å². The number of nitrogens with one attached hydrogen (secondary N) is 1. The summed E-state index contributed by atoms with van der Waals surface area (Å²) in [6.07, 6.45) is 3.10. The lowest BCUT2D eigenvalue weighted by Crippen LogP contribution is -2.39. The molecule has 1 aromatic heterocycles. The third-order valence-corrected chi connectivity index (χ3v) is 5.01. The molecule has 1 aliphatic heterocycles. The first kappa shape index (κ1) is 16.5. The molecule has 4 heteroatoms. The van der Waals surface area contributed by atoms with Crippen molar-refractivity contribution in [2.45, 2.75) is 46.0 Å². The molecule has 1 amide bonds. The van der Waals surface area contributed by atoms with Crippen LogP contribution in [0, 0.1) is 5.41 Å². The van der Waals surface area contributed by atoms with Crippen LogP contribution in [0.5, 0.6) is 0 Å². The number of hydrogen-bond acceptors (Lipinski definition) is 3. The average molecular weight is 308 g/mol. The number of piperidine rings is 1. The molecule has 0 atom stereocenters. The van der Waals surface area contributed by atoms with Crippen molar-refractivity contribution in [1.29, 1.82) is 0 Å². The lowest BCUT2D eigenvalue weighted by atomic mass is 9.92. The predicted molar refractivity (Wildman–Crippen MR) is 89.8 cm³/mol. The highest BCUT2D eigenvalue weighted by Gasteiger charge is 2.21. The van der Waals surface area contributed by atoms with Gasteiger partial charge in [0.05, 0.1) is 0 Å². The van der Waals surface area contributed by atoms with Crippen molar-refractivity contribution < 1.29 is 4.79 Å². The molecule has 2 heterocycles. The molecule has 21 heavy (non-hydrogen) atoms. The maximum atomic E-state index is 11.8. The van der Waals surface area contributed by atoms with Gasteiger partial charge in [0.2, 0.25) is 5.91 Å². The lowest BCUT2D eigenvalue weighted by molar-refractivity contribution is -0.122. The lowest BCUT2D eigenvalue weighted by Gasteiger charge is -2.31. The number of carbonyl (C=O) groups excluding carboxylic acids is 1. The Morgan fingerprint density at radius 1 is 1.38 bits per heavy atom. The van der Waals surface area contributed by atoms with Crippen LogP contribution in [0.15, 0.2) is 17.5 Å². The summed E-state index contributed by atoms with van der Waals surface area (Å²) in [6, 6.07) is 4.41. The molecule has 1 aromatic rings. The minimum absolute atomic E-state index is 0.0726. The summed E-state index contributed by atoms with van der Waals surface area (Å²) >= 11 is 1.88. The largest absolute Gasteiger partial charge is 0.355 e. The third-order valence-electron chi connectivity index (χ3n) is 3.97. The highest BCUT2D eigenvalue weighted by Crippen LogP contribution is 2.30. The van der Waals surface area contributed by atoms with Crippen molar-refractivity contribution in [3.8, 4) is 0 Å². The molecule has 0 radical (unpaired) electrons. The standard InChI is InChI=1S/C17H28N2OS/c1-17(2,3)13-16(20)18-8-11-19-9-6-14(7-10-19)15-5-4-12-21-15/h4-5,12,14H,6-11,13H2,1-3H3,(H,18,20). The van der Waals surface area contributed by atoms with Crippen LogP contribution < -0.4 is 5.32 Å². The van der Waals surface area contributed by atoms with Gasteiger partial charge in [-0.15, -0.1) is 11.3 Å². The monoisotopic (exact) mass is 308 g/mol. The van der Waals surface area contributed by atoms with E-state index in [9.17, 15) is 4.79 Å². The van der Waals surface area contributed by atoms with Crippen LogP contribution in [0.1, 0.15) is 50.8 Å².